The van der Waals surface area contributed by atoms with E-state index in [4.69, 9.17) is 15.9 Å². The van der Waals surface area contributed by atoms with Crippen molar-refractivity contribution in [3.63, 3.8) is 0 Å². The number of thiazole rings is 1. The van der Waals surface area contributed by atoms with E-state index in [0.717, 1.165) is 21.5 Å². The SMILES string of the molecule is C#CCn1c(=NC(=O)Cc2ccc(SCC)cc2)sc2cc3c(cc21)OCCO3. The van der Waals surface area contributed by atoms with Crippen molar-refractivity contribution >= 4 is 39.2 Å². The molecule has 0 radical (unpaired) electrons. The van der Waals surface area contributed by atoms with Gasteiger partial charge in [-0.3, -0.25) is 4.79 Å². The zero-order chi connectivity index (χ0) is 20.2. The van der Waals surface area contributed by atoms with Crippen molar-refractivity contribution in [2.24, 2.45) is 4.99 Å². The average Bonchev–Trinajstić information content (AvgIpc) is 3.04. The summed E-state index contributed by atoms with van der Waals surface area (Å²) in [6, 6.07) is 11.9. The van der Waals surface area contributed by atoms with Crippen LogP contribution in [-0.4, -0.2) is 29.4 Å². The predicted molar refractivity (Wildman–Crippen MR) is 117 cm³/mol. The number of hydrogen-bond donors (Lipinski definition) is 0. The van der Waals surface area contributed by atoms with Crippen LogP contribution in [-0.2, 0) is 17.8 Å². The number of ether oxygens (including phenoxy) is 2. The Morgan fingerprint density at radius 3 is 2.66 bits per heavy atom. The maximum atomic E-state index is 12.6. The van der Waals surface area contributed by atoms with Crippen LogP contribution in [0.3, 0.4) is 0 Å². The number of rotatable bonds is 5. The molecule has 3 aromatic rings. The zero-order valence-corrected chi connectivity index (χ0v) is 17.6. The third-order valence-electron chi connectivity index (χ3n) is 4.41. The van der Waals surface area contributed by atoms with Crippen LogP contribution in [0.2, 0.25) is 0 Å². The molecule has 4 rings (SSSR count). The second kappa shape index (κ2) is 8.76. The van der Waals surface area contributed by atoms with Crippen molar-refractivity contribution in [3.05, 3.63) is 46.8 Å². The van der Waals surface area contributed by atoms with Gasteiger partial charge in [-0.25, -0.2) is 0 Å². The number of terminal acetylenes is 1. The number of carbonyl (C=O) groups is 1. The lowest BCUT2D eigenvalue weighted by atomic mass is 10.1. The molecule has 0 atom stereocenters. The summed E-state index contributed by atoms with van der Waals surface area (Å²) < 4.78 is 14.2. The molecule has 0 saturated carbocycles. The minimum atomic E-state index is -0.199. The molecular weight excluding hydrogens is 404 g/mol. The Kier molecular flexibility index (Phi) is 5.93. The molecule has 0 saturated heterocycles. The lowest BCUT2D eigenvalue weighted by Crippen LogP contribution is -2.17. The summed E-state index contributed by atoms with van der Waals surface area (Å²) in [4.78, 5) is 18.7. The summed E-state index contributed by atoms with van der Waals surface area (Å²) in [5.41, 5.74) is 1.84. The molecule has 1 aliphatic heterocycles. The first-order valence-electron chi connectivity index (χ1n) is 9.33. The van der Waals surface area contributed by atoms with Crippen LogP contribution in [0, 0.1) is 12.3 Å². The minimum Gasteiger partial charge on any atom is -0.486 e. The first-order chi connectivity index (χ1) is 14.2. The van der Waals surface area contributed by atoms with Crippen molar-refractivity contribution in [3.8, 4) is 23.8 Å². The summed E-state index contributed by atoms with van der Waals surface area (Å²) in [6.07, 6.45) is 5.81. The van der Waals surface area contributed by atoms with Gasteiger partial charge < -0.3 is 14.0 Å². The summed E-state index contributed by atoms with van der Waals surface area (Å²) in [7, 11) is 0. The Hall–Kier alpha value is -2.69. The minimum absolute atomic E-state index is 0.199. The molecule has 5 nitrogen and oxygen atoms in total. The van der Waals surface area contributed by atoms with Crippen LogP contribution in [0.15, 0.2) is 46.3 Å². The van der Waals surface area contributed by atoms with E-state index >= 15 is 0 Å². The number of hydrogen-bond acceptors (Lipinski definition) is 5. The topological polar surface area (TPSA) is 52.8 Å². The van der Waals surface area contributed by atoms with E-state index in [-0.39, 0.29) is 12.3 Å². The van der Waals surface area contributed by atoms with E-state index in [9.17, 15) is 4.79 Å². The zero-order valence-electron chi connectivity index (χ0n) is 16.0. The Morgan fingerprint density at radius 2 is 1.97 bits per heavy atom. The van der Waals surface area contributed by atoms with Crippen molar-refractivity contribution in [1.29, 1.82) is 0 Å². The fourth-order valence-corrected chi connectivity index (χ4v) is 4.85. The number of fused-ring (bicyclic) bond motifs is 2. The molecule has 1 aromatic heterocycles. The Balaban J connectivity index is 1.66. The van der Waals surface area contributed by atoms with Gasteiger partial charge in [0, 0.05) is 17.0 Å². The molecule has 148 valence electrons. The fraction of sp³-hybridized carbons (Fsp3) is 0.273. The predicted octanol–water partition coefficient (Wildman–Crippen LogP) is 3.89. The second-order valence-electron chi connectivity index (χ2n) is 6.40. The molecule has 0 unspecified atom stereocenters. The van der Waals surface area contributed by atoms with Crippen molar-refractivity contribution in [2.75, 3.05) is 19.0 Å². The summed E-state index contributed by atoms with van der Waals surface area (Å²) >= 11 is 3.20. The molecule has 1 amide bonds. The number of nitrogens with zero attached hydrogens (tertiary/aromatic N) is 2. The number of aromatic nitrogens is 1. The van der Waals surface area contributed by atoms with Gasteiger partial charge in [-0.2, -0.15) is 4.99 Å². The van der Waals surface area contributed by atoms with Crippen LogP contribution in [0.1, 0.15) is 12.5 Å². The monoisotopic (exact) mass is 424 g/mol. The van der Waals surface area contributed by atoms with Crippen LogP contribution >= 0.6 is 23.1 Å². The molecular formula is C22H20N2O3S2. The quantitative estimate of drug-likeness (QED) is 0.461. The summed E-state index contributed by atoms with van der Waals surface area (Å²) in [5.74, 6) is 4.87. The molecule has 7 heteroatoms. The van der Waals surface area contributed by atoms with Gasteiger partial charge in [0.05, 0.1) is 23.2 Å². The third kappa shape index (κ3) is 4.34. The molecule has 0 aliphatic carbocycles. The van der Waals surface area contributed by atoms with E-state index in [1.807, 2.05) is 41.0 Å². The average molecular weight is 425 g/mol. The lowest BCUT2D eigenvalue weighted by molar-refractivity contribution is -0.117. The van der Waals surface area contributed by atoms with Gasteiger partial charge in [0.1, 0.15) is 13.2 Å². The molecule has 0 spiro atoms. The molecule has 2 heterocycles. The summed E-state index contributed by atoms with van der Waals surface area (Å²) in [6.45, 7) is 3.49. The molecule has 2 aromatic carbocycles. The fourth-order valence-electron chi connectivity index (χ4n) is 3.13. The lowest BCUT2D eigenvalue weighted by Gasteiger charge is -2.18. The van der Waals surface area contributed by atoms with Crippen molar-refractivity contribution in [1.82, 2.24) is 4.57 Å². The Labute approximate surface area is 177 Å². The standard InChI is InChI=1S/C22H20N2O3S2/c1-3-9-24-17-13-18-19(27-11-10-26-18)14-20(17)29-22(24)23-21(25)12-15-5-7-16(8-6-15)28-4-2/h1,5-8,13-14H,4,9-12H2,2H3. The smallest absolute Gasteiger partial charge is 0.252 e. The van der Waals surface area contributed by atoms with Crippen LogP contribution in [0.4, 0.5) is 0 Å². The van der Waals surface area contributed by atoms with Gasteiger partial charge in [0.15, 0.2) is 16.3 Å². The molecule has 0 fully saturated rings. The highest BCUT2D eigenvalue weighted by Gasteiger charge is 2.16. The van der Waals surface area contributed by atoms with Gasteiger partial charge >= 0.3 is 0 Å². The maximum Gasteiger partial charge on any atom is 0.252 e. The second-order valence-corrected chi connectivity index (χ2v) is 8.74. The highest BCUT2D eigenvalue weighted by Crippen LogP contribution is 2.35. The highest BCUT2D eigenvalue weighted by atomic mass is 32.2. The van der Waals surface area contributed by atoms with Crippen LogP contribution in [0.5, 0.6) is 11.5 Å². The number of amides is 1. The molecule has 0 bridgehead atoms. The normalized spacial score (nSPS) is 13.4. The first-order valence-corrected chi connectivity index (χ1v) is 11.1. The van der Waals surface area contributed by atoms with Crippen LogP contribution < -0.4 is 14.3 Å². The Bertz CT molecular complexity index is 1150. The van der Waals surface area contributed by atoms with Crippen LogP contribution in [0.25, 0.3) is 10.2 Å². The first kappa shape index (κ1) is 19.6. The van der Waals surface area contributed by atoms with Gasteiger partial charge in [0.25, 0.3) is 5.91 Å². The van der Waals surface area contributed by atoms with Gasteiger partial charge in [-0.1, -0.05) is 36.3 Å². The van der Waals surface area contributed by atoms with E-state index in [1.165, 1.54) is 16.2 Å². The largest absolute Gasteiger partial charge is 0.486 e. The molecule has 29 heavy (non-hydrogen) atoms. The van der Waals surface area contributed by atoms with E-state index in [0.29, 0.717) is 36.1 Å². The van der Waals surface area contributed by atoms with Gasteiger partial charge in [-0.05, 0) is 23.4 Å². The van der Waals surface area contributed by atoms with E-state index < -0.39 is 0 Å². The Morgan fingerprint density at radius 1 is 1.24 bits per heavy atom. The maximum absolute atomic E-state index is 12.6. The van der Waals surface area contributed by atoms with Gasteiger partial charge in [0.2, 0.25) is 0 Å². The summed E-state index contributed by atoms with van der Waals surface area (Å²) in [5, 5.41) is 0. The van der Waals surface area contributed by atoms with E-state index in [2.05, 4.69) is 17.8 Å². The van der Waals surface area contributed by atoms with E-state index in [1.54, 1.807) is 11.8 Å². The number of thioether (sulfide) groups is 1. The third-order valence-corrected chi connectivity index (χ3v) is 6.34. The molecule has 1 aliphatic rings. The van der Waals surface area contributed by atoms with Crippen molar-refractivity contribution < 1.29 is 14.3 Å². The van der Waals surface area contributed by atoms with Gasteiger partial charge in [-0.15, -0.1) is 18.2 Å². The number of benzene rings is 2. The number of carbonyl (C=O) groups excluding carboxylic acids is 1. The molecule has 0 N–H and O–H groups in total. The highest BCUT2D eigenvalue weighted by molar-refractivity contribution is 7.99. The van der Waals surface area contributed by atoms with Crippen molar-refractivity contribution in [2.45, 2.75) is 24.8 Å².